The zero-order valence-corrected chi connectivity index (χ0v) is 7.41. The normalized spacial score (nSPS) is 15.8. The van der Waals surface area contributed by atoms with Crippen LogP contribution in [0.5, 0.6) is 0 Å². The minimum atomic E-state index is -1.39. The van der Waals surface area contributed by atoms with Crippen molar-refractivity contribution < 1.29 is 14.7 Å². The highest BCUT2D eigenvalue weighted by Gasteiger charge is 2.27. The van der Waals surface area contributed by atoms with Crippen LogP contribution in [-0.2, 0) is 9.59 Å². The van der Waals surface area contributed by atoms with E-state index in [9.17, 15) is 9.59 Å². The average molecular weight is 173 g/mol. The lowest BCUT2D eigenvalue weighted by atomic mass is 9.92. The molecule has 70 valence electrons. The summed E-state index contributed by atoms with van der Waals surface area (Å²) in [5.41, 5.74) is 4.01. The third-order valence-corrected chi connectivity index (χ3v) is 1.68. The van der Waals surface area contributed by atoms with Crippen LogP contribution >= 0.6 is 0 Å². The maximum absolute atomic E-state index is 11.1. The Morgan fingerprint density at radius 2 is 2.17 bits per heavy atom. The van der Waals surface area contributed by atoms with E-state index in [2.05, 4.69) is 0 Å². The fourth-order valence-electron chi connectivity index (χ4n) is 0.663. The highest BCUT2D eigenvalue weighted by molar-refractivity contribution is 5.85. The van der Waals surface area contributed by atoms with Crippen LogP contribution in [0, 0.1) is 5.92 Å². The van der Waals surface area contributed by atoms with Crippen molar-refractivity contribution >= 4 is 12.1 Å². The van der Waals surface area contributed by atoms with Crippen molar-refractivity contribution in [3.63, 3.8) is 0 Å². The molecular formula is C8H15NO3. The molecule has 12 heavy (non-hydrogen) atoms. The van der Waals surface area contributed by atoms with E-state index in [1.807, 2.05) is 0 Å². The largest absolute Gasteiger partial charge is 0.394 e. The summed E-state index contributed by atoms with van der Waals surface area (Å²) in [5.74, 6) is -0.266. The first-order valence-electron chi connectivity index (χ1n) is 3.84. The van der Waals surface area contributed by atoms with Gasteiger partial charge in [0, 0.05) is 12.3 Å². The fraction of sp³-hybridized carbons (Fsp3) is 0.750. The summed E-state index contributed by atoms with van der Waals surface area (Å²) in [6.07, 6.45) is 0.331. The van der Waals surface area contributed by atoms with Gasteiger partial charge >= 0.3 is 0 Å². The second kappa shape index (κ2) is 4.33. The van der Waals surface area contributed by atoms with E-state index < -0.39 is 12.1 Å². The van der Waals surface area contributed by atoms with Gasteiger partial charge in [-0.15, -0.1) is 0 Å². The molecule has 0 rings (SSSR count). The lowest BCUT2D eigenvalue weighted by Crippen LogP contribution is -2.47. The van der Waals surface area contributed by atoms with Crippen LogP contribution in [0.3, 0.4) is 0 Å². The van der Waals surface area contributed by atoms with Crippen LogP contribution < -0.4 is 5.73 Å². The molecule has 0 heterocycles. The Hall–Kier alpha value is -0.740. The van der Waals surface area contributed by atoms with E-state index in [0.717, 1.165) is 0 Å². The van der Waals surface area contributed by atoms with Crippen molar-refractivity contribution in [2.45, 2.75) is 25.8 Å². The van der Waals surface area contributed by atoms with Gasteiger partial charge in [0.2, 0.25) is 0 Å². The van der Waals surface area contributed by atoms with Crippen LogP contribution in [0.15, 0.2) is 0 Å². The highest BCUT2D eigenvalue weighted by Crippen LogP contribution is 2.08. The maximum Gasteiger partial charge on any atom is 0.142 e. The molecule has 0 bridgehead atoms. The van der Waals surface area contributed by atoms with Gasteiger partial charge in [-0.1, -0.05) is 13.8 Å². The average Bonchev–Trinajstić information content (AvgIpc) is 2.04. The van der Waals surface area contributed by atoms with E-state index in [-0.39, 0.29) is 18.1 Å². The Labute approximate surface area is 71.8 Å². The summed E-state index contributed by atoms with van der Waals surface area (Å²) < 4.78 is 0. The number of aldehydes is 1. The molecule has 1 atom stereocenters. The van der Waals surface area contributed by atoms with Gasteiger partial charge in [-0.3, -0.25) is 4.79 Å². The van der Waals surface area contributed by atoms with Gasteiger partial charge in [0.15, 0.2) is 0 Å². The first-order valence-corrected chi connectivity index (χ1v) is 3.84. The second-order valence-corrected chi connectivity index (χ2v) is 3.31. The first-order chi connectivity index (χ1) is 5.45. The minimum Gasteiger partial charge on any atom is -0.394 e. The summed E-state index contributed by atoms with van der Waals surface area (Å²) in [6.45, 7) is 2.96. The van der Waals surface area contributed by atoms with Gasteiger partial charge in [-0.2, -0.15) is 0 Å². The molecule has 4 heteroatoms. The van der Waals surface area contributed by atoms with Crippen molar-refractivity contribution in [3.05, 3.63) is 0 Å². The molecule has 0 unspecified atom stereocenters. The van der Waals surface area contributed by atoms with Crippen molar-refractivity contribution in [3.8, 4) is 0 Å². The quantitative estimate of drug-likeness (QED) is 0.549. The Bertz CT molecular complexity index is 179. The van der Waals surface area contributed by atoms with Crippen LogP contribution in [-0.4, -0.2) is 29.3 Å². The molecule has 0 aliphatic rings. The molecule has 0 amide bonds. The molecule has 3 N–H and O–H groups in total. The number of Topliss-reactive ketones (excluding diaryl/α,β-unsaturated/α-hetero) is 1. The number of carbonyl (C=O) groups is 2. The van der Waals surface area contributed by atoms with E-state index in [1.165, 1.54) is 0 Å². The molecule has 4 nitrogen and oxygen atoms in total. The van der Waals surface area contributed by atoms with Gasteiger partial charge in [0.1, 0.15) is 17.6 Å². The standard InChI is InChI=1S/C8H15NO3/c1-6(2)7(12)3-8(9,4-10)5-11/h4,6,11H,3,5,9H2,1-2H3/t8-/m0/s1. The lowest BCUT2D eigenvalue weighted by Gasteiger charge is -2.19. The number of aliphatic hydroxyl groups is 1. The molecule has 0 aromatic rings. The Balaban J connectivity index is 4.21. The lowest BCUT2D eigenvalue weighted by molar-refractivity contribution is -0.126. The predicted molar refractivity (Wildman–Crippen MR) is 44.5 cm³/mol. The zero-order valence-electron chi connectivity index (χ0n) is 7.41. The number of hydrogen-bond donors (Lipinski definition) is 2. The number of rotatable bonds is 5. The van der Waals surface area contributed by atoms with Gasteiger partial charge in [0.25, 0.3) is 0 Å². The van der Waals surface area contributed by atoms with Crippen molar-refractivity contribution in [1.29, 1.82) is 0 Å². The number of carbonyl (C=O) groups excluding carboxylic acids is 2. The van der Waals surface area contributed by atoms with E-state index in [0.29, 0.717) is 6.29 Å². The van der Waals surface area contributed by atoms with Crippen LogP contribution in [0.4, 0.5) is 0 Å². The maximum atomic E-state index is 11.1. The number of nitrogens with two attached hydrogens (primary N) is 1. The van der Waals surface area contributed by atoms with Crippen LogP contribution in [0.25, 0.3) is 0 Å². The Morgan fingerprint density at radius 3 is 2.42 bits per heavy atom. The number of aliphatic hydroxyl groups excluding tert-OH is 1. The van der Waals surface area contributed by atoms with E-state index >= 15 is 0 Å². The third-order valence-electron chi connectivity index (χ3n) is 1.68. The zero-order chi connectivity index (χ0) is 9.78. The number of ketones is 1. The van der Waals surface area contributed by atoms with Gasteiger partial charge < -0.3 is 15.6 Å². The topological polar surface area (TPSA) is 80.4 Å². The van der Waals surface area contributed by atoms with E-state index in [1.54, 1.807) is 13.8 Å². The van der Waals surface area contributed by atoms with Gasteiger partial charge in [-0.05, 0) is 0 Å². The summed E-state index contributed by atoms with van der Waals surface area (Å²) in [6, 6.07) is 0. The molecule has 0 aliphatic carbocycles. The molecule has 0 aromatic heterocycles. The third kappa shape index (κ3) is 3.11. The van der Waals surface area contributed by atoms with Crippen molar-refractivity contribution in [1.82, 2.24) is 0 Å². The first kappa shape index (κ1) is 11.3. The molecule has 0 radical (unpaired) electrons. The summed E-state index contributed by atoms with van der Waals surface area (Å²) >= 11 is 0. The van der Waals surface area contributed by atoms with Gasteiger partial charge in [-0.25, -0.2) is 0 Å². The van der Waals surface area contributed by atoms with Gasteiger partial charge in [0.05, 0.1) is 6.61 Å². The van der Waals surface area contributed by atoms with E-state index in [4.69, 9.17) is 10.8 Å². The summed E-state index contributed by atoms with van der Waals surface area (Å²) in [7, 11) is 0. The highest BCUT2D eigenvalue weighted by atomic mass is 16.3. The van der Waals surface area contributed by atoms with Crippen molar-refractivity contribution in [2.75, 3.05) is 6.61 Å². The fourth-order valence-corrected chi connectivity index (χ4v) is 0.663. The Morgan fingerprint density at radius 1 is 1.67 bits per heavy atom. The molecule has 0 aromatic carbocycles. The Kier molecular flexibility index (Phi) is 4.06. The van der Waals surface area contributed by atoms with Crippen molar-refractivity contribution in [2.24, 2.45) is 11.7 Å². The molecule has 0 spiro atoms. The smallest absolute Gasteiger partial charge is 0.142 e. The monoisotopic (exact) mass is 173 g/mol. The number of hydrogen-bond acceptors (Lipinski definition) is 4. The predicted octanol–water partition coefficient (Wildman–Crippen LogP) is -0.510. The van der Waals surface area contributed by atoms with Crippen LogP contribution in [0.1, 0.15) is 20.3 Å². The molecule has 0 saturated heterocycles. The van der Waals surface area contributed by atoms with Crippen LogP contribution in [0.2, 0.25) is 0 Å². The summed E-state index contributed by atoms with van der Waals surface area (Å²) in [5, 5.41) is 8.71. The SMILES string of the molecule is CC(C)C(=O)C[C@](N)(C=O)CO. The minimum absolute atomic E-state index is 0.0926. The summed E-state index contributed by atoms with van der Waals surface area (Å²) in [4.78, 5) is 21.5. The molecule has 0 aliphatic heterocycles. The molecule has 0 fully saturated rings. The molecular weight excluding hydrogens is 158 g/mol. The molecule has 0 saturated carbocycles. The second-order valence-electron chi connectivity index (χ2n) is 3.31.